The van der Waals surface area contributed by atoms with E-state index in [0.29, 0.717) is 6.54 Å². The van der Waals surface area contributed by atoms with E-state index in [2.05, 4.69) is 4.90 Å². The fourth-order valence-corrected chi connectivity index (χ4v) is 1.63. The number of hydrogen-bond donors (Lipinski definition) is 1. The van der Waals surface area contributed by atoms with E-state index in [1.807, 2.05) is 27.0 Å². The number of piperidine rings is 1. The minimum Gasteiger partial charge on any atom is -0.387 e. The van der Waals surface area contributed by atoms with Crippen LogP contribution in [0.4, 0.5) is 0 Å². The largest absolute Gasteiger partial charge is 0.387 e. The highest BCUT2D eigenvalue weighted by Gasteiger charge is 2.31. The number of hydrogen-bond acceptors (Lipinski definition) is 3. The summed E-state index contributed by atoms with van der Waals surface area (Å²) in [5.41, 5.74) is -0.734. The number of nitrogens with zero attached hydrogens (tertiary/aromatic N) is 2. The lowest BCUT2D eigenvalue weighted by Gasteiger charge is -2.35. The quantitative estimate of drug-likeness (QED) is 0.669. The summed E-state index contributed by atoms with van der Waals surface area (Å²) in [6.45, 7) is 5.67. The van der Waals surface area contributed by atoms with Gasteiger partial charge in [0.1, 0.15) is 0 Å². The zero-order valence-corrected chi connectivity index (χ0v) is 8.88. The molecule has 1 rings (SSSR count). The first-order chi connectivity index (χ1) is 6.16. The fraction of sp³-hybridized carbons (Fsp3) is 0.900. The van der Waals surface area contributed by atoms with Gasteiger partial charge in [0.05, 0.1) is 18.1 Å². The van der Waals surface area contributed by atoms with Gasteiger partial charge in [-0.1, -0.05) is 13.8 Å². The van der Waals surface area contributed by atoms with Crippen molar-refractivity contribution in [2.75, 3.05) is 20.1 Å². The predicted octanol–water partition coefficient (Wildman–Crippen LogP) is 1.38. The third-order valence-electron chi connectivity index (χ3n) is 2.15. The van der Waals surface area contributed by atoms with Crippen molar-refractivity contribution in [2.24, 2.45) is 0 Å². The summed E-state index contributed by atoms with van der Waals surface area (Å²) in [6.07, 6.45) is 2.02. The van der Waals surface area contributed by atoms with Crippen LogP contribution in [-0.2, 0) is 0 Å². The smallest absolute Gasteiger partial charge is 0.0903 e. The van der Waals surface area contributed by atoms with E-state index in [1.165, 1.54) is 0 Å². The first kappa shape index (κ1) is 12.4. The Hall–Kier alpha value is -0.590. The normalized spacial score (nSPS) is 28.5. The van der Waals surface area contributed by atoms with Crippen molar-refractivity contribution in [3.63, 3.8) is 0 Å². The van der Waals surface area contributed by atoms with Crippen LogP contribution in [0.15, 0.2) is 0 Å². The molecule has 0 bridgehead atoms. The molecule has 76 valence electrons. The molecular weight excluding hydrogens is 164 g/mol. The number of rotatable bonds is 1. The van der Waals surface area contributed by atoms with Crippen LogP contribution in [0.1, 0.15) is 33.1 Å². The first-order valence-corrected chi connectivity index (χ1v) is 4.94. The maximum Gasteiger partial charge on any atom is 0.0903 e. The molecule has 0 saturated carbocycles. The highest BCUT2D eigenvalue weighted by molar-refractivity contribution is 4.93. The topological polar surface area (TPSA) is 47.3 Å². The molecule has 0 aromatic heterocycles. The average molecular weight is 184 g/mol. The van der Waals surface area contributed by atoms with E-state index in [1.54, 1.807) is 0 Å². The van der Waals surface area contributed by atoms with E-state index in [9.17, 15) is 5.11 Å². The Morgan fingerprint density at radius 3 is 2.62 bits per heavy atom. The Bertz CT molecular complexity index is 176. The second kappa shape index (κ2) is 5.95. The molecule has 1 atom stereocenters. The Labute approximate surface area is 81.0 Å². The van der Waals surface area contributed by atoms with Crippen LogP contribution in [-0.4, -0.2) is 35.7 Å². The van der Waals surface area contributed by atoms with Crippen molar-refractivity contribution >= 4 is 0 Å². The molecule has 13 heavy (non-hydrogen) atoms. The highest BCUT2D eigenvalue weighted by Crippen LogP contribution is 2.22. The standard InChI is InChI=1S/C8H14N2O.C2H6/c1-10-6-2-3-8(11,7-10)4-5-9;1-2/h11H,2-4,6-7H2,1H3;1-2H3. The van der Waals surface area contributed by atoms with Crippen molar-refractivity contribution < 1.29 is 5.11 Å². The SMILES string of the molecule is CC.CN1CCCC(O)(CC#N)C1. The van der Waals surface area contributed by atoms with Gasteiger partial charge < -0.3 is 10.0 Å². The second-order valence-corrected chi connectivity index (χ2v) is 3.40. The molecule has 0 aromatic carbocycles. The van der Waals surface area contributed by atoms with Gasteiger partial charge >= 0.3 is 0 Å². The lowest BCUT2D eigenvalue weighted by Crippen LogP contribution is -2.46. The third-order valence-corrected chi connectivity index (χ3v) is 2.15. The minimum absolute atomic E-state index is 0.261. The Morgan fingerprint density at radius 1 is 1.54 bits per heavy atom. The summed E-state index contributed by atoms with van der Waals surface area (Å²) < 4.78 is 0. The van der Waals surface area contributed by atoms with Gasteiger partial charge in [0.15, 0.2) is 0 Å². The van der Waals surface area contributed by atoms with Crippen LogP contribution in [0, 0.1) is 11.3 Å². The van der Waals surface area contributed by atoms with Gasteiger partial charge in [-0.2, -0.15) is 5.26 Å². The summed E-state index contributed by atoms with van der Waals surface area (Å²) in [5.74, 6) is 0. The predicted molar refractivity (Wildman–Crippen MR) is 53.3 cm³/mol. The zero-order valence-electron chi connectivity index (χ0n) is 8.88. The van der Waals surface area contributed by atoms with Crippen LogP contribution < -0.4 is 0 Å². The van der Waals surface area contributed by atoms with E-state index in [0.717, 1.165) is 19.4 Å². The van der Waals surface area contributed by atoms with Gasteiger partial charge in [0.25, 0.3) is 0 Å². The molecule has 0 spiro atoms. The number of likely N-dealkylation sites (N-methyl/N-ethyl adjacent to an activating group) is 1. The molecule has 1 unspecified atom stereocenters. The van der Waals surface area contributed by atoms with E-state index in [4.69, 9.17) is 5.26 Å². The Kier molecular flexibility index (Phi) is 5.68. The van der Waals surface area contributed by atoms with Crippen LogP contribution >= 0.6 is 0 Å². The van der Waals surface area contributed by atoms with Crippen LogP contribution in [0.3, 0.4) is 0 Å². The van der Waals surface area contributed by atoms with Gasteiger partial charge in [-0.05, 0) is 26.4 Å². The molecule has 3 heteroatoms. The van der Waals surface area contributed by atoms with Crippen molar-refractivity contribution in [2.45, 2.75) is 38.7 Å². The van der Waals surface area contributed by atoms with Crippen molar-refractivity contribution in [3.05, 3.63) is 0 Å². The van der Waals surface area contributed by atoms with Crippen molar-refractivity contribution in [1.82, 2.24) is 4.90 Å². The number of nitriles is 1. The Morgan fingerprint density at radius 2 is 2.15 bits per heavy atom. The minimum atomic E-state index is -0.734. The number of likely N-dealkylation sites (tertiary alicyclic amines) is 1. The van der Waals surface area contributed by atoms with Gasteiger partial charge in [-0.3, -0.25) is 0 Å². The molecule has 3 nitrogen and oxygen atoms in total. The van der Waals surface area contributed by atoms with Gasteiger partial charge in [-0.15, -0.1) is 0 Å². The van der Waals surface area contributed by atoms with Crippen LogP contribution in [0.2, 0.25) is 0 Å². The summed E-state index contributed by atoms with van der Waals surface area (Å²) in [6, 6.07) is 2.02. The van der Waals surface area contributed by atoms with Crippen molar-refractivity contribution in [3.8, 4) is 6.07 Å². The van der Waals surface area contributed by atoms with Gasteiger partial charge in [0.2, 0.25) is 0 Å². The average Bonchev–Trinajstić information content (AvgIpc) is 2.07. The lowest BCUT2D eigenvalue weighted by atomic mass is 9.90. The second-order valence-electron chi connectivity index (χ2n) is 3.40. The van der Waals surface area contributed by atoms with Gasteiger partial charge in [-0.25, -0.2) is 0 Å². The summed E-state index contributed by atoms with van der Waals surface area (Å²) in [5, 5.41) is 18.2. The number of aliphatic hydroxyl groups is 1. The molecule has 0 aromatic rings. The van der Waals surface area contributed by atoms with Crippen LogP contribution in [0.25, 0.3) is 0 Å². The highest BCUT2D eigenvalue weighted by atomic mass is 16.3. The van der Waals surface area contributed by atoms with Crippen LogP contribution in [0.5, 0.6) is 0 Å². The molecule has 1 aliphatic heterocycles. The molecule has 1 saturated heterocycles. The molecule has 1 N–H and O–H groups in total. The zero-order chi connectivity index (χ0) is 10.3. The summed E-state index contributed by atoms with van der Waals surface area (Å²) in [4.78, 5) is 2.07. The van der Waals surface area contributed by atoms with E-state index in [-0.39, 0.29) is 6.42 Å². The van der Waals surface area contributed by atoms with E-state index >= 15 is 0 Å². The summed E-state index contributed by atoms with van der Waals surface area (Å²) >= 11 is 0. The molecule has 1 fully saturated rings. The lowest BCUT2D eigenvalue weighted by molar-refractivity contribution is -0.0189. The molecule has 1 aliphatic rings. The number of β-amino-alcohol motifs (C(OH)–C–C–N with tert-alkyl or cyclic N) is 1. The first-order valence-electron chi connectivity index (χ1n) is 4.94. The summed E-state index contributed by atoms with van der Waals surface area (Å²) in [7, 11) is 1.97. The maximum absolute atomic E-state index is 9.78. The monoisotopic (exact) mass is 184 g/mol. The fourth-order valence-electron chi connectivity index (χ4n) is 1.63. The molecule has 1 heterocycles. The molecule has 0 radical (unpaired) electrons. The molecule has 0 aliphatic carbocycles. The third kappa shape index (κ3) is 4.25. The van der Waals surface area contributed by atoms with Gasteiger partial charge in [0, 0.05) is 6.54 Å². The maximum atomic E-state index is 9.78. The van der Waals surface area contributed by atoms with Crippen molar-refractivity contribution in [1.29, 1.82) is 5.26 Å². The van der Waals surface area contributed by atoms with E-state index < -0.39 is 5.60 Å². The molecule has 0 amide bonds. The Balaban J connectivity index is 0.000000671. The molecular formula is C10H20N2O.